The summed E-state index contributed by atoms with van der Waals surface area (Å²) in [5.74, 6) is -0.932. The first-order valence-corrected chi connectivity index (χ1v) is 8.40. The summed E-state index contributed by atoms with van der Waals surface area (Å²) in [5.41, 5.74) is 5.87. The molecule has 0 radical (unpaired) electrons. The summed E-state index contributed by atoms with van der Waals surface area (Å²) < 4.78 is 0. The molecule has 0 aliphatic carbocycles. The van der Waals surface area contributed by atoms with Gasteiger partial charge in [-0.15, -0.1) is 0 Å². The predicted molar refractivity (Wildman–Crippen MR) is 102 cm³/mol. The highest BCUT2D eigenvalue weighted by atomic mass is 16.4. The van der Waals surface area contributed by atoms with Gasteiger partial charge in [0.15, 0.2) is 0 Å². The Balaban J connectivity index is 1.53. The predicted octanol–water partition coefficient (Wildman–Crippen LogP) is 3.91. The Morgan fingerprint density at radius 2 is 1.92 bits per heavy atom. The van der Waals surface area contributed by atoms with Crippen LogP contribution in [0, 0.1) is 6.92 Å². The molecule has 3 aromatic rings. The number of carboxylic acids is 1. The fourth-order valence-corrected chi connectivity index (χ4v) is 3.02. The van der Waals surface area contributed by atoms with Crippen molar-refractivity contribution in [2.24, 2.45) is 0 Å². The molecular weight excluding hydrogens is 312 g/mol. The number of aryl methyl sites for hydroxylation is 1. The van der Waals surface area contributed by atoms with Crippen molar-refractivity contribution in [3.63, 3.8) is 0 Å². The summed E-state index contributed by atoms with van der Waals surface area (Å²) in [6.07, 6.45) is 3.73. The highest BCUT2D eigenvalue weighted by Crippen LogP contribution is 2.21. The lowest BCUT2D eigenvalue weighted by Crippen LogP contribution is -2.16. The number of aliphatic carboxylic acids is 1. The Kier molecular flexibility index (Phi) is 5.31. The summed E-state index contributed by atoms with van der Waals surface area (Å²) in [6, 6.07) is 16.3. The average molecular weight is 334 g/mol. The van der Waals surface area contributed by atoms with Crippen molar-refractivity contribution in [1.29, 1.82) is 0 Å². The van der Waals surface area contributed by atoms with Gasteiger partial charge in [0.05, 0.1) is 0 Å². The summed E-state index contributed by atoms with van der Waals surface area (Å²) in [7, 11) is 0. The molecule has 128 valence electrons. The molecule has 0 saturated heterocycles. The second-order valence-electron chi connectivity index (χ2n) is 6.11. The quantitative estimate of drug-likeness (QED) is 0.453. The number of hydrogen-bond donors (Lipinski definition) is 3. The highest BCUT2D eigenvalue weighted by molar-refractivity contribution is 5.85. The molecule has 0 atom stereocenters. The maximum absolute atomic E-state index is 10.5. The molecule has 3 rings (SSSR count). The van der Waals surface area contributed by atoms with Gasteiger partial charge < -0.3 is 15.4 Å². The van der Waals surface area contributed by atoms with Crippen LogP contribution in [0.1, 0.15) is 22.4 Å². The summed E-state index contributed by atoms with van der Waals surface area (Å²) in [5, 5.41) is 13.4. The zero-order valence-electron chi connectivity index (χ0n) is 14.3. The van der Waals surface area contributed by atoms with E-state index in [-0.39, 0.29) is 0 Å². The minimum absolute atomic E-state index is 0.796. The van der Waals surface area contributed by atoms with Crippen molar-refractivity contribution in [2.75, 3.05) is 6.54 Å². The number of carbonyl (C=O) groups is 1. The second kappa shape index (κ2) is 7.81. The largest absolute Gasteiger partial charge is 0.478 e. The van der Waals surface area contributed by atoms with Crippen molar-refractivity contribution in [3.8, 4) is 0 Å². The normalized spacial score (nSPS) is 11.4. The Hall–Kier alpha value is -2.85. The monoisotopic (exact) mass is 334 g/mol. The lowest BCUT2D eigenvalue weighted by atomic mass is 10.1. The molecule has 25 heavy (non-hydrogen) atoms. The fraction of sp³-hybridized carbons (Fsp3) is 0.190. The van der Waals surface area contributed by atoms with Gasteiger partial charge in [-0.05, 0) is 48.7 Å². The smallest absolute Gasteiger partial charge is 0.328 e. The molecule has 0 saturated carbocycles. The Bertz CT molecular complexity index is 892. The number of rotatable bonds is 7. The van der Waals surface area contributed by atoms with E-state index >= 15 is 0 Å². The van der Waals surface area contributed by atoms with Crippen molar-refractivity contribution < 1.29 is 9.90 Å². The van der Waals surface area contributed by atoms with Gasteiger partial charge in [0.1, 0.15) is 0 Å². The van der Waals surface area contributed by atoms with Crippen LogP contribution in [-0.4, -0.2) is 22.6 Å². The van der Waals surface area contributed by atoms with Gasteiger partial charge in [-0.1, -0.05) is 42.5 Å². The molecule has 0 fully saturated rings. The van der Waals surface area contributed by atoms with Crippen LogP contribution in [0.2, 0.25) is 0 Å². The van der Waals surface area contributed by atoms with E-state index in [0.29, 0.717) is 0 Å². The second-order valence-corrected chi connectivity index (χ2v) is 6.11. The number of aromatic amines is 1. The molecule has 0 amide bonds. The molecule has 3 N–H and O–H groups in total. The number of carboxylic acid groups (broad SMARTS) is 1. The van der Waals surface area contributed by atoms with Crippen molar-refractivity contribution in [3.05, 3.63) is 77.0 Å². The van der Waals surface area contributed by atoms with E-state index in [0.717, 1.165) is 31.1 Å². The third-order valence-corrected chi connectivity index (χ3v) is 4.31. The summed E-state index contributed by atoms with van der Waals surface area (Å²) >= 11 is 0. The van der Waals surface area contributed by atoms with Crippen LogP contribution >= 0.6 is 0 Å². The third-order valence-electron chi connectivity index (χ3n) is 4.31. The van der Waals surface area contributed by atoms with Crippen LogP contribution in [0.15, 0.2) is 54.6 Å². The van der Waals surface area contributed by atoms with E-state index in [9.17, 15) is 4.79 Å². The Labute approximate surface area is 147 Å². The van der Waals surface area contributed by atoms with Gasteiger partial charge in [-0.2, -0.15) is 0 Å². The average Bonchev–Trinajstić information content (AvgIpc) is 2.93. The van der Waals surface area contributed by atoms with E-state index in [1.807, 2.05) is 24.3 Å². The number of nitrogens with one attached hydrogen (secondary N) is 2. The van der Waals surface area contributed by atoms with Gasteiger partial charge in [0, 0.05) is 29.2 Å². The van der Waals surface area contributed by atoms with Gasteiger partial charge in [0.2, 0.25) is 0 Å². The van der Waals surface area contributed by atoms with Gasteiger partial charge >= 0.3 is 5.97 Å². The maximum Gasteiger partial charge on any atom is 0.328 e. The Morgan fingerprint density at radius 3 is 2.68 bits per heavy atom. The van der Waals surface area contributed by atoms with Gasteiger partial charge in [-0.25, -0.2) is 4.79 Å². The van der Waals surface area contributed by atoms with Crippen LogP contribution in [0.3, 0.4) is 0 Å². The number of H-pyrrole nitrogens is 1. The van der Waals surface area contributed by atoms with Crippen LogP contribution in [0.25, 0.3) is 17.0 Å². The lowest BCUT2D eigenvalue weighted by Gasteiger charge is -2.06. The molecule has 0 aliphatic heterocycles. The van der Waals surface area contributed by atoms with E-state index < -0.39 is 5.97 Å². The van der Waals surface area contributed by atoms with Crippen LogP contribution in [0.4, 0.5) is 0 Å². The SMILES string of the molecule is Cc1[nH]c2ccccc2c1CCNCc1ccc(/C=C/C(=O)O)cc1. The Morgan fingerprint density at radius 1 is 1.16 bits per heavy atom. The van der Waals surface area contributed by atoms with E-state index in [2.05, 4.69) is 41.5 Å². The topological polar surface area (TPSA) is 65.1 Å². The summed E-state index contributed by atoms with van der Waals surface area (Å²) in [4.78, 5) is 14.0. The van der Waals surface area contributed by atoms with Crippen LogP contribution in [-0.2, 0) is 17.8 Å². The zero-order chi connectivity index (χ0) is 17.6. The minimum Gasteiger partial charge on any atom is -0.478 e. The van der Waals surface area contributed by atoms with Crippen LogP contribution < -0.4 is 5.32 Å². The van der Waals surface area contributed by atoms with Crippen molar-refractivity contribution in [1.82, 2.24) is 10.3 Å². The third kappa shape index (κ3) is 4.37. The number of benzene rings is 2. The van der Waals surface area contributed by atoms with E-state index in [1.54, 1.807) is 6.08 Å². The van der Waals surface area contributed by atoms with Crippen molar-refractivity contribution in [2.45, 2.75) is 19.9 Å². The molecular formula is C21H22N2O2. The number of hydrogen-bond acceptors (Lipinski definition) is 2. The number of aromatic nitrogens is 1. The standard InChI is InChI=1S/C21H22N2O2/c1-15-18(19-4-2-3-5-20(19)23-15)12-13-22-14-17-8-6-16(7-9-17)10-11-21(24)25/h2-11,22-23H,12-14H2,1H3,(H,24,25)/b11-10+. The molecule has 0 spiro atoms. The molecule has 0 unspecified atom stereocenters. The first-order valence-electron chi connectivity index (χ1n) is 8.40. The van der Waals surface area contributed by atoms with E-state index in [4.69, 9.17) is 5.11 Å². The zero-order valence-corrected chi connectivity index (χ0v) is 14.3. The molecule has 0 bridgehead atoms. The van der Waals surface area contributed by atoms with Gasteiger partial charge in [0.25, 0.3) is 0 Å². The summed E-state index contributed by atoms with van der Waals surface area (Å²) in [6.45, 7) is 3.83. The molecule has 0 aliphatic rings. The highest BCUT2D eigenvalue weighted by Gasteiger charge is 2.07. The lowest BCUT2D eigenvalue weighted by molar-refractivity contribution is -0.131. The molecule has 2 aromatic carbocycles. The number of fused-ring (bicyclic) bond motifs is 1. The van der Waals surface area contributed by atoms with Crippen molar-refractivity contribution >= 4 is 22.9 Å². The first kappa shape index (κ1) is 17.0. The maximum atomic E-state index is 10.5. The van der Waals surface area contributed by atoms with Gasteiger partial charge in [-0.3, -0.25) is 0 Å². The molecule has 4 nitrogen and oxygen atoms in total. The van der Waals surface area contributed by atoms with E-state index in [1.165, 1.54) is 27.7 Å². The molecule has 4 heteroatoms. The minimum atomic E-state index is -0.932. The molecule has 1 aromatic heterocycles. The fourth-order valence-electron chi connectivity index (χ4n) is 3.02. The van der Waals surface area contributed by atoms with Crippen LogP contribution in [0.5, 0.6) is 0 Å². The first-order chi connectivity index (χ1) is 12.1. The molecule has 1 heterocycles. The number of para-hydroxylation sites is 1.